The molecule has 0 aliphatic rings. The van der Waals surface area contributed by atoms with Crippen LogP contribution in [0.4, 0.5) is 0 Å². The van der Waals surface area contributed by atoms with Gasteiger partial charge in [0.15, 0.2) is 0 Å². The van der Waals surface area contributed by atoms with Crippen molar-refractivity contribution >= 4 is 10.2 Å². The van der Waals surface area contributed by atoms with E-state index in [1.807, 2.05) is 13.8 Å². The highest BCUT2D eigenvalue weighted by atomic mass is 32.2. The van der Waals surface area contributed by atoms with Crippen molar-refractivity contribution in [2.45, 2.75) is 26.3 Å². The van der Waals surface area contributed by atoms with E-state index < -0.39 is 10.2 Å². The van der Waals surface area contributed by atoms with Gasteiger partial charge in [0, 0.05) is 19.6 Å². The molecule has 0 saturated heterocycles. The number of rotatable bonds is 6. The molecule has 0 rings (SSSR count). The van der Waals surface area contributed by atoms with Crippen LogP contribution in [0.15, 0.2) is 0 Å². The molecule has 13 heavy (non-hydrogen) atoms. The van der Waals surface area contributed by atoms with Crippen LogP contribution >= 0.6 is 0 Å². The van der Waals surface area contributed by atoms with Gasteiger partial charge in [-0.3, -0.25) is 0 Å². The fourth-order valence-corrected chi connectivity index (χ4v) is 1.79. The summed E-state index contributed by atoms with van der Waals surface area (Å²) >= 11 is 0. The molecule has 5 nitrogen and oxygen atoms in total. The summed E-state index contributed by atoms with van der Waals surface area (Å²) in [7, 11) is -1.99. The molecule has 0 aliphatic carbocycles. The highest BCUT2D eigenvalue weighted by Gasteiger charge is 2.15. The quantitative estimate of drug-likeness (QED) is 0.547. The SMILES string of the molecule is CNS(=O)(=O)NC(CN)CC(C)C. The van der Waals surface area contributed by atoms with E-state index >= 15 is 0 Å². The Morgan fingerprint density at radius 3 is 2.23 bits per heavy atom. The minimum absolute atomic E-state index is 0.183. The van der Waals surface area contributed by atoms with E-state index in [2.05, 4.69) is 9.44 Å². The van der Waals surface area contributed by atoms with Gasteiger partial charge < -0.3 is 5.73 Å². The van der Waals surface area contributed by atoms with Gasteiger partial charge in [-0.25, -0.2) is 4.72 Å². The Labute approximate surface area is 80.3 Å². The second-order valence-corrected chi connectivity index (χ2v) is 5.04. The molecule has 0 saturated carbocycles. The van der Waals surface area contributed by atoms with Gasteiger partial charge in [0.25, 0.3) is 10.2 Å². The van der Waals surface area contributed by atoms with Crippen LogP contribution in [0.25, 0.3) is 0 Å². The molecule has 0 bridgehead atoms. The van der Waals surface area contributed by atoms with Gasteiger partial charge in [0.05, 0.1) is 0 Å². The molecular weight excluding hydrogens is 190 g/mol. The fraction of sp³-hybridized carbons (Fsp3) is 1.00. The molecule has 0 fully saturated rings. The van der Waals surface area contributed by atoms with E-state index in [0.29, 0.717) is 12.5 Å². The third-order valence-electron chi connectivity index (χ3n) is 1.63. The van der Waals surface area contributed by atoms with E-state index in [4.69, 9.17) is 5.73 Å². The Kier molecular flexibility index (Phi) is 5.46. The Bertz CT molecular complexity index is 226. The van der Waals surface area contributed by atoms with Crippen molar-refractivity contribution in [2.75, 3.05) is 13.6 Å². The molecule has 0 aromatic carbocycles. The zero-order valence-electron chi connectivity index (χ0n) is 8.37. The molecule has 0 amide bonds. The molecule has 6 heteroatoms. The summed E-state index contributed by atoms with van der Waals surface area (Å²) in [5.41, 5.74) is 5.43. The first kappa shape index (κ1) is 12.8. The van der Waals surface area contributed by atoms with Crippen LogP contribution in [0.2, 0.25) is 0 Å². The predicted octanol–water partition coefficient (Wildman–Crippen LogP) is -0.586. The van der Waals surface area contributed by atoms with Gasteiger partial charge in [-0.1, -0.05) is 13.8 Å². The first-order valence-corrected chi connectivity index (χ1v) is 5.80. The molecule has 0 spiro atoms. The average Bonchev–Trinajstić information content (AvgIpc) is 2.02. The van der Waals surface area contributed by atoms with Crippen LogP contribution in [0.5, 0.6) is 0 Å². The lowest BCUT2D eigenvalue weighted by Gasteiger charge is -2.17. The maximum absolute atomic E-state index is 11.1. The maximum Gasteiger partial charge on any atom is 0.276 e. The average molecular weight is 209 g/mol. The Morgan fingerprint density at radius 2 is 1.92 bits per heavy atom. The van der Waals surface area contributed by atoms with Crippen molar-refractivity contribution in [3.05, 3.63) is 0 Å². The normalized spacial score (nSPS) is 14.8. The second-order valence-electron chi connectivity index (χ2n) is 3.39. The second kappa shape index (κ2) is 5.54. The molecular formula is C7H19N3O2S. The van der Waals surface area contributed by atoms with E-state index in [0.717, 1.165) is 6.42 Å². The van der Waals surface area contributed by atoms with Crippen LogP contribution in [0, 0.1) is 5.92 Å². The topological polar surface area (TPSA) is 84.2 Å². The van der Waals surface area contributed by atoms with E-state index in [-0.39, 0.29) is 6.04 Å². The van der Waals surface area contributed by atoms with E-state index in [9.17, 15) is 8.42 Å². The smallest absolute Gasteiger partial charge is 0.276 e. The summed E-state index contributed by atoms with van der Waals surface area (Å²) in [5, 5.41) is 0. The van der Waals surface area contributed by atoms with Crippen LogP contribution in [-0.4, -0.2) is 28.1 Å². The number of hydrogen-bond donors (Lipinski definition) is 3. The van der Waals surface area contributed by atoms with E-state index in [1.165, 1.54) is 7.05 Å². The van der Waals surface area contributed by atoms with Crippen molar-refractivity contribution in [2.24, 2.45) is 11.7 Å². The number of nitrogens with one attached hydrogen (secondary N) is 2. The molecule has 4 N–H and O–H groups in total. The fourth-order valence-electron chi connectivity index (χ4n) is 1.04. The zero-order chi connectivity index (χ0) is 10.5. The van der Waals surface area contributed by atoms with Gasteiger partial charge in [-0.15, -0.1) is 0 Å². The summed E-state index contributed by atoms with van der Waals surface area (Å²) in [6, 6.07) is -0.183. The molecule has 0 aromatic heterocycles. The largest absolute Gasteiger partial charge is 0.329 e. The predicted molar refractivity (Wildman–Crippen MR) is 53.4 cm³/mol. The molecule has 1 atom stereocenters. The minimum atomic E-state index is -3.36. The number of hydrogen-bond acceptors (Lipinski definition) is 3. The summed E-state index contributed by atoms with van der Waals surface area (Å²) in [5.74, 6) is 0.424. The highest BCUT2D eigenvalue weighted by molar-refractivity contribution is 7.87. The van der Waals surface area contributed by atoms with Crippen molar-refractivity contribution in [1.29, 1.82) is 0 Å². The molecule has 0 radical (unpaired) electrons. The Hall–Kier alpha value is -0.170. The van der Waals surface area contributed by atoms with Gasteiger partial charge in [-0.05, 0) is 12.3 Å². The standard InChI is InChI=1S/C7H19N3O2S/c1-6(2)4-7(5-8)10-13(11,12)9-3/h6-7,9-10H,4-5,8H2,1-3H3. The number of nitrogens with two attached hydrogens (primary N) is 1. The summed E-state index contributed by atoms with van der Waals surface area (Å²) in [6.45, 7) is 4.37. The van der Waals surface area contributed by atoms with E-state index in [1.54, 1.807) is 0 Å². The molecule has 1 unspecified atom stereocenters. The maximum atomic E-state index is 11.1. The van der Waals surface area contributed by atoms with Crippen molar-refractivity contribution in [3.63, 3.8) is 0 Å². The van der Waals surface area contributed by atoms with Gasteiger partial charge in [0.1, 0.15) is 0 Å². The van der Waals surface area contributed by atoms with Crippen LogP contribution in [0.1, 0.15) is 20.3 Å². The van der Waals surface area contributed by atoms with Gasteiger partial charge in [0.2, 0.25) is 0 Å². The summed E-state index contributed by atoms with van der Waals surface area (Å²) in [6.07, 6.45) is 0.747. The summed E-state index contributed by atoms with van der Waals surface area (Å²) < 4.78 is 26.8. The Balaban J connectivity index is 4.13. The lowest BCUT2D eigenvalue weighted by molar-refractivity contribution is 0.463. The van der Waals surface area contributed by atoms with Crippen molar-refractivity contribution in [1.82, 2.24) is 9.44 Å². The monoisotopic (exact) mass is 209 g/mol. The van der Waals surface area contributed by atoms with Crippen LogP contribution in [0.3, 0.4) is 0 Å². The molecule has 0 heterocycles. The van der Waals surface area contributed by atoms with Crippen molar-refractivity contribution in [3.8, 4) is 0 Å². The third-order valence-corrected chi connectivity index (χ3v) is 2.81. The summed E-state index contributed by atoms with van der Waals surface area (Å²) in [4.78, 5) is 0. The third kappa shape index (κ3) is 5.98. The lowest BCUT2D eigenvalue weighted by atomic mass is 10.1. The first-order chi connectivity index (χ1) is 5.91. The van der Waals surface area contributed by atoms with Gasteiger partial charge >= 0.3 is 0 Å². The molecule has 80 valence electrons. The molecule has 0 aromatic rings. The highest BCUT2D eigenvalue weighted by Crippen LogP contribution is 2.03. The van der Waals surface area contributed by atoms with Crippen LogP contribution in [-0.2, 0) is 10.2 Å². The zero-order valence-corrected chi connectivity index (χ0v) is 9.19. The van der Waals surface area contributed by atoms with Crippen molar-refractivity contribution < 1.29 is 8.42 Å². The lowest BCUT2D eigenvalue weighted by Crippen LogP contribution is -2.45. The Morgan fingerprint density at radius 1 is 1.38 bits per heavy atom. The first-order valence-electron chi connectivity index (χ1n) is 4.32. The molecule has 0 aliphatic heterocycles. The van der Waals surface area contributed by atoms with Crippen LogP contribution < -0.4 is 15.2 Å². The van der Waals surface area contributed by atoms with Gasteiger partial charge in [-0.2, -0.15) is 13.1 Å². The minimum Gasteiger partial charge on any atom is -0.329 e.